The van der Waals surface area contributed by atoms with Gasteiger partial charge in [0.2, 0.25) is 0 Å². The van der Waals surface area contributed by atoms with E-state index in [9.17, 15) is 74.6 Å². The maximum absolute atomic E-state index is 13.7. The van der Waals surface area contributed by atoms with Crippen LogP contribution in [0.1, 0.15) is 6.42 Å². The second-order valence-corrected chi connectivity index (χ2v) is 6.22. The first-order valence-electron chi connectivity index (χ1n) is 7.28. The highest BCUT2D eigenvalue weighted by atomic mass is 19.4. The summed E-state index contributed by atoms with van der Waals surface area (Å²) in [5.74, 6) is -60.3. The molecule has 1 aliphatic rings. The zero-order valence-electron chi connectivity index (χ0n) is 13.8. The summed E-state index contributed by atoms with van der Waals surface area (Å²) in [6, 6.07) is 0. The van der Waals surface area contributed by atoms with E-state index >= 15 is 0 Å². The van der Waals surface area contributed by atoms with Crippen LogP contribution in [0.2, 0.25) is 0 Å². The Morgan fingerprint density at radius 3 is 1.13 bits per heavy atom. The smallest absolute Gasteiger partial charge is 0.367 e. The van der Waals surface area contributed by atoms with Crippen molar-refractivity contribution in [1.29, 1.82) is 0 Å². The van der Waals surface area contributed by atoms with Crippen LogP contribution in [-0.2, 0) is 4.74 Å². The zero-order chi connectivity index (χ0) is 25.3. The molecule has 0 aliphatic carbocycles. The molecule has 0 aromatic rings. The fourth-order valence-corrected chi connectivity index (χ4v) is 2.34. The van der Waals surface area contributed by atoms with E-state index in [0.717, 1.165) is 0 Å². The normalized spacial score (nSPS) is 23.4. The minimum atomic E-state index is -8.66. The molecule has 2 nitrogen and oxygen atoms in total. The Morgan fingerprint density at radius 1 is 0.516 bits per heavy atom. The lowest BCUT2D eigenvalue weighted by atomic mass is 9.84. The molecule has 31 heavy (non-hydrogen) atoms. The summed E-state index contributed by atoms with van der Waals surface area (Å²) in [6.45, 7) is -1.08. The molecule has 1 rings (SSSR count). The third-order valence-electron chi connectivity index (χ3n) is 4.27. The van der Waals surface area contributed by atoms with Crippen LogP contribution in [0.3, 0.4) is 0 Å². The molecule has 2 atom stereocenters. The van der Waals surface area contributed by atoms with E-state index in [2.05, 4.69) is 4.74 Å². The largest absolute Gasteiger partial charge is 0.460 e. The van der Waals surface area contributed by atoms with E-state index in [1.54, 1.807) is 0 Å². The van der Waals surface area contributed by atoms with Gasteiger partial charge in [-0.05, 0) is 6.42 Å². The van der Waals surface area contributed by atoms with Crippen molar-refractivity contribution < 1.29 is 84.5 Å². The second kappa shape index (κ2) is 7.11. The maximum Gasteiger partial charge on any atom is 0.460 e. The van der Waals surface area contributed by atoms with Gasteiger partial charge in [0.15, 0.2) is 6.29 Å². The fourth-order valence-electron chi connectivity index (χ4n) is 2.34. The molecule has 0 bridgehead atoms. The van der Waals surface area contributed by atoms with Crippen molar-refractivity contribution in [3.05, 3.63) is 0 Å². The van der Waals surface area contributed by atoms with E-state index in [1.165, 1.54) is 0 Å². The van der Waals surface area contributed by atoms with Gasteiger partial charge in [-0.2, -0.15) is 74.6 Å². The van der Waals surface area contributed by atoms with Crippen LogP contribution in [0.15, 0.2) is 0 Å². The van der Waals surface area contributed by atoms with Gasteiger partial charge in [-0.1, -0.05) is 0 Å². The first-order chi connectivity index (χ1) is 13.3. The lowest BCUT2D eigenvalue weighted by Crippen LogP contribution is -2.75. The fraction of sp³-hybridized carbons (Fsp3) is 1.00. The Hall–Kier alpha value is -1.27. The van der Waals surface area contributed by atoms with Gasteiger partial charge in [-0.15, -0.1) is 0 Å². The quantitative estimate of drug-likeness (QED) is 0.472. The number of ether oxygens (including phenoxy) is 1. The van der Waals surface area contributed by atoms with E-state index in [1.807, 2.05) is 0 Å². The first kappa shape index (κ1) is 27.8. The number of rotatable bonds is 7. The Morgan fingerprint density at radius 2 is 0.839 bits per heavy atom. The lowest BCUT2D eigenvalue weighted by Gasteiger charge is -2.43. The number of hydrogen-bond acceptors (Lipinski definition) is 2. The molecule has 1 aliphatic heterocycles. The van der Waals surface area contributed by atoms with Gasteiger partial charge in [0.05, 0.1) is 12.5 Å². The van der Waals surface area contributed by atoms with Crippen LogP contribution in [0.25, 0.3) is 0 Å². The highest BCUT2D eigenvalue weighted by Gasteiger charge is 2.95. The standard InChI is InChI=1S/C12H7F17O2/c13-5(14,3-1-2-31-4(3)30)6(15,16)7(17,18)8(19,20)9(21,22)10(23,24)11(25,26)12(27,28)29/h3-4,30H,1-2H2/t3-,4-/m1/s1. The van der Waals surface area contributed by atoms with Gasteiger partial charge >= 0.3 is 47.6 Å². The summed E-state index contributed by atoms with van der Waals surface area (Å²) in [6.07, 6.45) is -12.3. The molecule has 0 radical (unpaired) electrons. The highest BCUT2D eigenvalue weighted by molar-refractivity contribution is 5.16. The Kier molecular flexibility index (Phi) is 6.37. The van der Waals surface area contributed by atoms with Gasteiger partial charge < -0.3 is 9.84 Å². The minimum Gasteiger partial charge on any atom is -0.367 e. The molecular weight excluding hydrogens is 499 g/mol. The van der Waals surface area contributed by atoms with Gasteiger partial charge in [0.1, 0.15) is 0 Å². The molecule has 0 amide bonds. The van der Waals surface area contributed by atoms with Crippen LogP contribution in [0, 0.1) is 5.92 Å². The Labute approximate surface area is 158 Å². The van der Waals surface area contributed by atoms with E-state index < -0.39 is 72.9 Å². The number of aliphatic hydroxyl groups is 1. The average Bonchev–Trinajstić information content (AvgIpc) is 2.99. The zero-order valence-corrected chi connectivity index (χ0v) is 13.8. The average molecular weight is 506 g/mol. The topological polar surface area (TPSA) is 29.5 Å². The molecular formula is C12H7F17O2. The Balaban J connectivity index is 3.61. The molecule has 0 spiro atoms. The van der Waals surface area contributed by atoms with Crippen molar-refractivity contribution in [2.45, 2.75) is 60.3 Å². The third-order valence-corrected chi connectivity index (χ3v) is 4.27. The lowest BCUT2D eigenvalue weighted by molar-refractivity contribution is -0.464. The second-order valence-electron chi connectivity index (χ2n) is 6.22. The van der Waals surface area contributed by atoms with Crippen LogP contribution in [0.5, 0.6) is 0 Å². The molecule has 186 valence electrons. The molecule has 19 heteroatoms. The summed E-state index contributed by atoms with van der Waals surface area (Å²) in [5, 5.41) is 8.88. The third kappa shape index (κ3) is 3.40. The summed E-state index contributed by atoms with van der Waals surface area (Å²) in [7, 11) is 0. The van der Waals surface area contributed by atoms with Crippen molar-refractivity contribution >= 4 is 0 Å². The number of hydrogen-bond donors (Lipinski definition) is 1. The first-order valence-corrected chi connectivity index (χ1v) is 7.28. The molecule has 1 N–H and O–H groups in total. The van der Waals surface area contributed by atoms with Crippen LogP contribution < -0.4 is 0 Å². The van der Waals surface area contributed by atoms with Crippen molar-refractivity contribution in [3.8, 4) is 0 Å². The predicted octanol–water partition coefficient (Wildman–Crippen LogP) is 5.35. The van der Waals surface area contributed by atoms with Gasteiger partial charge in [0.25, 0.3) is 0 Å². The molecule has 0 aromatic heterocycles. The molecule has 1 saturated heterocycles. The number of halogens is 17. The highest BCUT2D eigenvalue weighted by Crippen LogP contribution is 2.64. The number of aliphatic hydroxyl groups excluding tert-OH is 1. The van der Waals surface area contributed by atoms with Crippen molar-refractivity contribution in [2.75, 3.05) is 6.61 Å². The van der Waals surface area contributed by atoms with Crippen LogP contribution in [0.4, 0.5) is 74.6 Å². The van der Waals surface area contributed by atoms with Crippen molar-refractivity contribution in [3.63, 3.8) is 0 Å². The minimum absolute atomic E-state index is 1.08. The SMILES string of the molecule is O[C@@H]1OCC[C@H]1C(F)(F)C(F)(F)C(F)(F)C(F)(F)C(F)(F)C(F)(F)C(F)(F)C(F)(F)F. The van der Waals surface area contributed by atoms with Crippen LogP contribution in [-0.4, -0.2) is 65.6 Å². The van der Waals surface area contributed by atoms with Gasteiger partial charge in [-0.3, -0.25) is 0 Å². The Bertz CT molecular complexity index is 667. The van der Waals surface area contributed by atoms with E-state index in [0.29, 0.717) is 0 Å². The van der Waals surface area contributed by atoms with Crippen molar-refractivity contribution in [2.24, 2.45) is 5.92 Å². The van der Waals surface area contributed by atoms with E-state index in [4.69, 9.17) is 5.11 Å². The summed E-state index contributed by atoms with van der Waals surface area (Å²) >= 11 is 0. The molecule has 0 unspecified atom stereocenters. The molecule has 1 heterocycles. The predicted molar refractivity (Wildman–Crippen MR) is 60.7 cm³/mol. The van der Waals surface area contributed by atoms with E-state index in [-0.39, 0.29) is 0 Å². The maximum atomic E-state index is 13.7. The van der Waals surface area contributed by atoms with Crippen LogP contribution >= 0.6 is 0 Å². The van der Waals surface area contributed by atoms with Crippen molar-refractivity contribution in [1.82, 2.24) is 0 Å². The molecule has 0 saturated carbocycles. The molecule has 0 aromatic carbocycles. The summed E-state index contributed by atoms with van der Waals surface area (Å²) in [4.78, 5) is 0. The number of alkyl halides is 17. The summed E-state index contributed by atoms with van der Waals surface area (Å²) < 4.78 is 226. The van der Waals surface area contributed by atoms with Gasteiger partial charge in [-0.25, -0.2) is 0 Å². The monoisotopic (exact) mass is 506 g/mol. The summed E-state index contributed by atoms with van der Waals surface area (Å²) in [5.41, 5.74) is 0. The van der Waals surface area contributed by atoms with Gasteiger partial charge in [0, 0.05) is 0 Å². The molecule has 1 fully saturated rings.